The molecule has 5 aromatic carbocycles. The van der Waals surface area contributed by atoms with Crippen molar-refractivity contribution in [1.82, 2.24) is 0 Å². The van der Waals surface area contributed by atoms with Gasteiger partial charge in [-0.25, -0.2) is 0 Å². The number of aryl methyl sites for hydroxylation is 1. The van der Waals surface area contributed by atoms with Crippen LogP contribution < -0.4 is 14.2 Å². The van der Waals surface area contributed by atoms with Crippen LogP contribution >= 0.6 is 0 Å². The summed E-state index contributed by atoms with van der Waals surface area (Å²) in [4.78, 5) is 11.0. The molecule has 0 fully saturated rings. The van der Waals surface area contributed by atoms with Crippen LogP contribution in [0.5, 0.6) is 17.2 Å². The summed E-state index contributed by atoms with van der Waals surface area (Å²) in [6.45, 7) is 1.65. The first-order valence-electron chi connectivity index (χ1n) is 15.0. The largest absolute Gasteiger partial charge is 0.494 e. The maximum absolute atomic E-state index is 11.0. The SMILES string of the molecule is O=C(O)Cc1ccc2cc(OCCCCCCc3cccc(OCc4ccccc4)c3OCc3ccccc3)ccc2c1. The molecule has 0 heterocycles. The van der Waals surface area contributed by atoms with E-state index in [2.05, 4.69) is 36.4 Å². The number of aliphatic carboxylic acids is 1. The Morgan fingerprint density at radius 1 is 0.581 bits per heavy atom. The topological polar surface area (TPSA) is 65.0 Å². The van der Waals surface area contributed by atoms with Gasteiger partial charge in [0.05, 0.1) is 13.0 Å². The molecule has 5 nitrogen and oxygen atoms in total. The smallest absolute Gasteiger partial charge is 0.307 e. The van der Waals surface area contributed by atoms with Crippen LogP contribution in [0.2, 0.25) is 0 Å². The minimum atomic E-state index is -0.822. The third-order valence-corrected chi connectivity index (χ3v) is 7.36. The quantitative estimate of drug-likeness (QED) is 0.119. The molecule has 0 aliphatic rings. The highest BCUT2D eigenvalue weighted by Gasteiger charge is 2.12. The number of hydrogen-bond acceptors (Lipinski definition) is 4. The molecule has 5 rings (SSSR count). The Bertz CT molecular complexity index is 1600. The molecule has 0 atom stereocenters. The van der Waals surface area contributed by atoms with Crippen molar-refractivity contribution < 1.29 is 24.1 Å². The summed E-state index contributed by atoms with van der Waals surface area (Å²) >= 11 is 0. The molecule has 0 spiro atoms. The normalized spacial score (nSPS) is 10.9. The lowest BCUT2D eigenvalue weighted by molar-refractivity contribution is -0.136. The first-order valence-corrected chi connectivity index (χ1v) is 15.0. The van der Waals surface area contributed by atoms with Gasteiger partial charge in [0.2, 0.25) is 0 Å². The van der Waals surface area contributed by atoms with Crippen LogP contribution in [0.15, 0.2) is 115 Å². The minimum Gasteiger partial charge on any atom is -0.494 e. The Morgan fingerprint density at radius 3 is 2.00 bits per heavy atom. The van der Waals surface area contributed by atoms with E-state index in [1.165, 1.54) is 5.56 Å². The number of para-hydroxylation sites is 1. The van der Waals surface area contributed by atoms with Crippen molar-refractivity contribution >= 4 is 16.7 Å². The van der Waals surface area contributed by atoms with E-state index in [4.69, 9.17) is 19.3 Å². The summed E-state index contributed by atoms with van der Waals surface area (Å²) in [6, 6.07) is 38.3. The molecule has 1 N–H and O–H groups in total. The second kappa shape index (κ2) is 15.5. The Kier molecular flexibility index (Phi) is 10.7. The molecule has 220 valence electrons. The third-order valence-electron chi connectivity index (χ3n) is 7.36. The molecule has 43 heavy (non-hydrogen) atoms. The maximum Gasteiger partial charge on any atom is 0.307 e. The molecule has 5 aromatic rings. The van der Waals surface area contributed by atoms with Gasteiger partial charge >= 0.3 is 5.97 Å². The lowest BCUT2D eigenvalue weighted by atomic mass is 10.0. The highest BCUT2D eigenvalue weighted by molar-refractivity contribution is 5.85. The summed E-state index contributed by atoms with van der Waals surface area (Å²) < 4.78 is 18.6. The number of unbranched alkanes of at least 4 members (excludes halogenated alkanes) is 3. The van der Waals surface area contributed by atoms with Crippen molar-refractivity contribution in [1.29, 1.82) is 0 Å². The van der Waals surface area contributed by atoms with Crippen LogP contribution in [0, 0.1) is 0 Å². The molecule has 0 aliphatic heterocycles. The van der Waals surface area contributed by atoms with Crippen LogP contribution in [-0.2, 0) is 30.8 Å². The van der Waals surface area contributed by atoms with Gasteiger partial charge in [0.25, 0.3) is 0 Å². The van der Waals surface area contributed by atoms with Crippen LogP contribution in [0.25, 0.3) is 10.8 Å². The van der Waals surface area contributed by atoms with Gasteiger partial charge in [0, 0.05) is 0 Å². The molecule has 0 saturated carbocycles. The molecule has 0 unspecified atom stereocenters. The molecule has 0 aromatic heterocycles. The van der Waals surface area contributed by atoms with E-state index >= 15 is 0 Å². The van der Waals surface area contributed by atoms with Crippen molar-refractivity contribution in [3.05, 3.63) is 138 Å². The monoisotopic (exact) mass is 574 g/mol. The number of benzene rings is 5. The number of carboxylic acids is 1. The summed E-state index contributed by atoms with van der Waals surface area (Å²) in [5.41, 5.74) is 4.22. The van der Waals surface area contributed by atoms with Crippen molar-refractivity contribution in [3.63, 3.8) is 0 Å². The molecular weight excluding hydrogens is 536 g/mol. The van der Waals surface area contributed by atoms with Gasteiger partial charge in [0.15, 0.2) is 11.5 Å². The summed E-state index contributed by atoms with van der Waals surface area (Å²) in [6.07, 6.45) is 5.16. The van der Waals surface area contributed by atoms with E-state index in [0.717, 1.165) is 76.8 Å². The molecular formula is C38H38O5. The van der Waals surface area contributed by atoms with Crippen LogP contribution in [-0.4, -0.2) is 17.7 Å². The molecule has 0 saturated heterocycles. The Hall–Kier alpha value is -4.77. The van der Waals surface area contributed by atoms with Gasteiger partial charge in [0.1, 0.15) is 19.0 Å². The summed E-state index contributed by atoms with van der Waals surface area (Å²) in [5, 5.41) is 11.1. The van der Waals surface area contributed by atoms with E-state index in [-0.39, 0.29) is 6.42 Å². The van der Waals surface area contributed by atoms with Gasteiger partial charge < -0.3 is 19.3 Å². The van der Waals surface area contributed by atoms with Crippen molar-refractivity contribution in [2.45, 2.75) is 51.7 Å². The second-order valence-electron chi connectivity index (χ2n) is 10.7. The van der Waals surface area contributed by atoms with Gasteiger partial charge in [-0.1, -0.05) is 110 Å². The molecule has 0 radical (unpaired) electrons. The van der Waals surface area contributed by atoms with E-state index in [0.29, 0.717) is 19.8 Å². The van der Waals surface area contributed by atoms with Crippen LogP contribution in [0.4, 0.5) is 0 Å². The fraction of sp³-hybridized carbons (Fsp3) is 0.237. The standard InChI is InChI=1S/C38H38O5/c39-37(40)25-31-19-20-34-26-35(22-21-33(34)24-31)41-23-10-2-1-9-16-32-17-11-18-36(42-27-29-12-5-3-6-13-29)38(32)43-28-30-14-7-4-8-15-30/h3-8,11-15,17-22,24,26H,1-2,9-10,16,23,25,27-28H2,(H,39,40). The van der Waals surface area contributed by atoms with Crippen LogP contribution in [0.3, 0.4) is 0 Å². The first kappa shape index (κ1) is 29.7. The predicted octanol–water partition coefficient (Wildman–Crippen LogP) is 8.81. The summed E-state index contributed by atoms with van der Waals surface area (Å²) in [7, 11) is 0. The predicted molar refractivity (Wildman–Crippen MR) is 171 cm³/mol. The zero-order valence-corrected chi connectivity index (χ0v) is 24.4. The van der Waals surface area contributed by atoms with Gasteiger partial charge in [-0.05, 0) is 70.5 Å². The number of fused-ring (bicyclic) bond motifs is 1. The van der Waals surface area contributed by atoms with Crippen molar-refractivity contribution in [2.75, 3.05) is 6.61 Å². The van der Waals surface area contributed by atoms with E-state index in [9.17, 15) is 4.79 Å². The average molecular weight is 575 g/mol. The van der Waals surface area contributed by atoms with Crippen LogP contribution in [0.1, 0.15) is 47.9 Å². The fourth-order valence-electron chi connectivity index (χ4n) is 5.11. The van der Waals surface area contributed by atoms with Gasteiger partial charge in [-0.2, -0.15) is 0 Å². The summed E-state index contributed by atoms with van der Waals surface area (Å²) in [5.74, 6) is 1.62. The maximum atomic E-state index is 11.0. The average Bonchev–Trinajstić information content (AvgIpc) is 3.03. The van der Waals surface area contributed by atoms with Crippen molar-refractivity contribution in [3.8, 4) is 17.2 Å². The lowest BCUT2D eigenvalue weighted by Crippen LogP contribution is -2.03. The minimum absolute atomic E-state index is 0.0314. The molecule has 0 amide bonds. The van der Waals surface area contributed by atoms with Gasteiger partial charge in [-0.3, -0.25) is 4.79 Å². The first-order chi connectivity index (χ1) is 21.1. The Balaban J connectivity index is 1.11. The number of carbonyl (C=O) groups is 1. The zero-order chi connectivity index (χ0) is 29.7. The highest BCUT2D eigenvalue weighted by Crippen LogP contribution is 2.34. The Morgan fingerprint density at radius 2 is 1.26 bits per heavy atom. The third kappa shape index (κ3) is 9.11. The highest BCUT2D eigenvalue weighted by atomic mass is 16.5. The molecule has 0 aliphatic carbocycles. The number of rotatable bonds is 16. The lowest BCUT2D eigenvalue weighted by Gasteiger charge is -2.17. The van der Waals surface area contributed by atoms with E-state index in [1.54, 1.807) is 0 Å². The molecule has 0 bridgehead atoms. The second-order valence-corrected chi connectivity index (χ2v) is 10.7. The van der Waals surface area contributed by atoms with E-state index in [1.807, 2.05) is 78.9 Å². The molecule has 5 heteroatoms. The van der Waals surface area contributed by atoms with Crippen molar-refractivity contribution in [2.24, 2.45) is 0 Å². The number of ether oxygens (including phenoxy) is 3. The zero-order valence-electron chi connectivity index (χ0n) is 24.4. The fourth-order valence-corrected chi connectivity index (χ4v) is 5.11. The Labute approximate surface area is 253 Å². The number of carboxylic acid groups (broad SMARTS) is 1. The number of hydrogen-bond donors (Lipinski definition) is 1. The van der Waals surface area contributed by atoms with Gasteiger partial charge in [-0.15, -0.1) is 0 Å². The van der Waals surface area contributed by atoms with E-state index < -0.39 is 5.97 Å².